The summed E-state index contributed by atoms with van der Waals surface area (Å²) in [4.78, 5) is 36.6. The maximum atomic E-state index is 14.3. The minimum absolute atomic E-state index is 0.0113. The number of carbonyl (C=O) groups is 3. The molecule has 0 unspecified atom stereocenters. The Morgan fingerprint density at radius 2 is 1.81 bits per heavy atom. The zero-order chi connectivity index (χ0) is 20.5. The zero-order valence-corrected chi connectivity index (χ0v) is 15.2. The number of hydrogen-bond acceptors (Lipinski definition) is 4. The molecule has 1 aliphatic heterocycles. The Balaban J connectivity index is 2.35. The molecule has 0 aromatic heterocycles. The Kier molecular flexibility index (Phi) is 6.14. The average molecular weight is 410 g/mol. The molecule has 2 rings (SSSR count). The van der Waals surface area contributed by atoms with Crippen molar-refractivity contribution in [2.75, 3.05) is 11.5 Å². The second-order valence-corrected chi connectivity index (χ2v) is 6.95. The second-order valence-electron chi connectivity index (χ2n) is 6.55. The predicted molar refractivity (Wildman–Crippen MR) is 87.8 cm³/mol. The van der Waals surface area contributed by atoms with Crippen LogP contribution in [0.5, 0.6) is 0 Å². The monoisotopic (exact) mass is 409 g/mol. The van der Waals surface area contributed by atoms with Crippen molar-refractivity contribution >= 4 is 35.1 Å². The molecule has 1 saturated heterocycles. The largest absolute Gasteiger partial charge is 0.462 e. The van der Waals surface area contributed by atoms with Gasteiger partial charge in [-0.15, -0.1) is 0 Å². The number of carbonyl (C=O) groups excluding carboxylic acids is 3. The van der Waals surface area contributed by atoms with E-state index in [2.05, 4.69) is 0 Å². The number of amides is 2. The summed E-state index contributed by atoms with van der Waals surface area (Å²) in [5, 5.41) is -0.310. The van der Waals surface area contributed by atoms with Gasteiger partial charge in [0.1, 0.15) is 5.82 Å². The molecule has 2 amide bonds. The molecule has 148 valence electrons. The van der Waals surface area contributed by atoms with Gasteiger partial charge in [-0.2, -0.15) is 13.2 Å². The van der Waals surface area contributed by atoms with Crippen molar-refractivity contribution in [3.63, 3.8) is 0 Å². The van der Waals surface area contributed by atoms with E-state index in [-0.39, 0.29) is 23.1 Å². The molecule has 1 aliphatic rings. The number of anilines is 1. The Hall–Kier alpha value is -2.16. The third kappa shape index (κ3) is 4.77. The fraction of sp³-hybridized carbons (Fsp3) is 0.471. The van der Waals surface area contributed by atoms with E-state index in [1.807, 2.05) is 0 Å². The summed E-state index contributed by atoms with van der Waals surface area (Å²) in [5.41, 5.74) is -0.932. The van der Waals surface area contributed by atoms with Crippen LogP contribution in [0.25, 0.3) is 0 Å². The molecule has 0 N–H and O–H groups in total. The van der Waals surface area contributed by atoms with Gasteiger partial charge in [0.15, 0.2) is 0 Å². The van der Waals surface area contributed by atoms with Gasteiger partial charge in [-0.05, 0) is 18.1 Å². The van der Waals surface area contributed by atoms with Crippen LogP contribution in [0.2, 0.25) is 5.02 Å². The van der Waals surface area contributed by atoms with Crippen molar-refractivity contribution in [2.24, 2.45) is 11.8 Å². The van der Waals surface area contributed by atoms with Crippen LogP contribution in [0.1, 0.15) is 37.0 Å². The van der Waals surface area contributed by atoms with E-state index >= 15 is 0 Å². The first-order chi connectivity index (χ1) is 12.4. The van der Waals surface area contributed by atoms with E-state index < -0.39 is 54.2 Å². The fourth-order valence-electron chi connectivity index (χ4n) is 2.50. The molecule has 1 aromatic rings. The van der Waals surface area contributed by atoms with Gasteiger partial charge >= 0.3 is 12.1 Å². The first kappa shape index (κ1) is 21.1. The lowest BCUT2D eigenvalue weighted by Crippen LogP contribution is -2.47. The van der Waals surface area contributed by atoms with E-state index in [4.69, 9.17) is 16.3 Å². The molecule has 0 aliphatic carbocycles. The summed E-state index contributed by atoms with van der Waals surface area (Å²) < 4.78 is 57.6. The molecule has 27 heavy (non-hydrogen) atoms. The second kappa shape index (κ2) is 7.84. The number of esters is 1. The van der Waals surface area contributed by atoms with Crippen LogP contribution in [-0.4, -0.2) is 30.6 Å². The van der Waals surface area contributed by atoms with Crippen LogP contribution in [0, 0.1) is 17.7 Å². The van der Waals surface area contributed by atoms with Gasteiger partial charge in [-0.25, -0.2) is 14.1 Å². The topological polar surface area (TPSA) is 63.7 Å². The maximum absolute atomic E-state index is 14.3. The molecule has 0 spiro atoms. The Morgan fingerprint density at radius 3 is 2.30 bits per heavy atom. The molecular weight excluding hydrogens is 394 g/mol. The van der Waals surface area contributed by atoms with Crippen molar-refractivity contribution in [1.82, 2.24) is 0 Å². The molecule has 1 aromatic carbocycles. The molecule has 5 nitrogen and oxygen atoms in total. The summed E-state index contributed by atoms with van der Waals surface area (Å²) in [6, 6.07) is 1.54. The van der Waals surface area contributed by atoms with Crippen molar-refractivity contribution < 1.29 is 36.7 Å². The van der Waals surface area contributed by atoms with Crippen LogP contribution in [0.3, 0.4) is 0 Å². The van der Waals surface area contributed by atoms with Crippen LogP contribution < -0.4 is 4.90 Å². The lowest BCUT2D eigenvalue weighted by Gasteiger charge is -2.31. The van der Waals surface area contributed by atoms with E-state index in [1.165, 1.54) is 0 Å². The van der Waals surface area contributed by atoms with Gasteiger partial charge in [-0.3, -0.25) is 9.59 Å². The highest BCUT2D eigenvalue weighted by molar-refractivity contribution is 6.34. The van der Waals surface area contributed by atoms with Crippen molar-refractivity contribution in [3.8, 4) is 0 Å². The highest BCUT2D eigenvalue weighted by atomic mass is 35.5. The zero-order valence-electron chi connectivity index (χ0n) is 14.4. The summed E-state index contributed by atoms with van der Waals surface area (Å²) in [6.07, 6.45) is -6.71. The lowest BCUT2D eigenvalue weighted by molar-refractivity contribution is -0.185. The van der Waals surface area contributed by atoms with Gasteiger partial charge in [0, 0.05) is 12.8 Å². The quantitative estimate of drug-likeness (QED) is 0.426. The Morgan fingerprint density at radius 1 is 1.26 bits per heavy atom. The summed E-state index contributed by atoms with van der Waals surface area (Å²) >= 11 is 5.83. The Bertz CT molecular complexity index is 761. The van der Waals surface area contributed by atoms with E-state index in [0.29, 0.717) is 11.0 Å². The summed E-state index contributed by atoms with van der Waals surface area (Å²) in [7, 11) is 0. The third-order valence-electron chi connectivity index (χ3n) is 3.85. The van der Waals surface area contributed by atoms with Gasteiger partial charge in [-0.1, -0.05) is 25.4 Å². The van der Waals surface area contributed by atoms with Gasteiger partial charge < -0.3 is 4.74 Å². The predicted octanol–water partition coefficient (Wildman–Crippen LogP) is 4.12. The van der Waals surface area contributed by atoms with Crippen LogP contribution in [0.15, 0.2) is 12.1 Å². The number of nitrogens with zero attached hydrogens (tertiary/aromatic N) is 1. The molecule has 0 bridgehead atoms. The average Bonchev–Trinajstić information content (AvgIpc) is 2.52. The summed E-state index contributed by atoms with van der Waals surface area (Å²) in [6.45, 7) is 3.62. The lowest BCUT2D eigenvalue weighted by atomic mass is 9.94. The van der Waals surface area contributed by atoms with Crippen LogP contribution >= 0.6 is 11.6 Å². The molecule has 1 fully saturated rings. The molecule has 1 heterocycles. The van der Waals surface area contributed by atoms with E-state index in [9.17, 15) is 31.9 Å². The number of benzene rings is 1. The van der Waals surface area contributed by atoms with Gasteiger partial charge in [0.2, 0.25) is 11.8 Å². The van der Waals surface area contributed by atoms with Crippen molar-refractivity contribution in [1.29, 1.82) is 0 Å². The molecule has 0 radical (unpaired) electrons. The highest BCUT2D eigenvalue weighted by Gasteiger charge is 2.48. The van der Waals surface area contributed by atoms with E-state index in [1.54, 1.807) is 13.8 Å². The number of piperidine rings is 1. The minimum atomic E-state index is -4.72. The number of hydrogen-bond donors (Lipinski definition) is 0. The van der Waals surface area contributed by atoms with Crippen molar-refractivity contribution in [3.05, 3.63) is 28.5 Å². The smallest absolute Gasteiger partial charge is 0.392 e. The normalized spacial score (nSPS) is 16.2. The van der Waals surface area contributed by atoms with Crippen LogP contribution in [0.4, 0.5) is 23.2 Å². The van der Waals surface area contributed by atoms with Crippen LogP contribution in [-0.2, 0) is 14.3 Å². The first-order valence-corrected chi connectivity index (χ1v) is 8.38. The molecule has 10 heteroatoms. The number of imide groups is 1. The molecule has 0 atom stereocenters. The minimum Gasteiger partial charge on any atom is -0.462 e. The molecular formula is C17H16ClF4NO4. The van der Waals surface area contributed by atoms with Gasteiger partial charge in [0.25, 0.3) is 0 Å². The van der Waals surface area contributed by atoms with Crippen molar-refractivity contribution in [2.45, 2.75) is 32.9 Å². The van der Waals surface area contributed by atoms with E-state index in [0.717, 1.165) is 6.07 Å². The maximum Gasteiger partial charge on any atom is 0.392 e. The first-order valence-electron chi connectivity index (χ1n) is 8.00. The number of rotatable bonds is 4. The number of halogens is 5. The number of alkyl halides is 3. The number of ether oxygens (including phenoxy) is 1. The third-order valence-corrected chi connectivity index (χ3v) is 4.16. The van der Waals surface area contributed by atoms with Gasteiger partial charge in [0.05, 0.1) is 28.8 Å². The fourth-order valence-corrected chi connectivity index (χ4v) is 2.73. The summed E-state index contributed by atoms with van der Waals surface area (Å²) in [5.74, 6) is -6.56. The highest BCUT2D eigenvalue weighted by Crippen LogP contribution is 2.38. The Labute approximate surface area is 157 Å². The standard InChI is InChI=1S/C17H16ClF4NO4/c1-8(2)7-27-16(26)10-5-13(12(19)6-11(10)18)23-14(24)3-9(4-15(23)25)17(20,21)22/h5-6,8-9H,3-4,7H2,1-2H3. The SMILES string of the molecule is CC(C)COC(=O)c1cc(N2C(=O)CC(C(F)(F)F)CC2=O)c(F)cc1Cl. The molecule has 0 saturated carbocycles.